The summed E-state index contributed by atoms with van der Waals surface area (Å²) in [7, 11) is -3.28. The van der Waals surface area contributed by atoms with Crippen molar-refractivity contribution in [2.24, 2.45) is 5.92 Å². The molecule has 0 aliphatic carbocycles. The van der Waals surface area contributed by atoms with Crippen LogP contribution in [0.1, 0.15) is 24.5 Å². The van der Waals surface area contributed by atoms with Gasteiger partial charge in [-0.15, -0.1) is 0 Å². The van der Waals surface area contributed by atoms with E-state index in [1.807, 2.05) is 0 Å². The van der Waals surface area contributed by atoms with E-state index >= 15 is 0 Å². The summed E-state index contributed by atoms with van der Waals surface area (Å²) in [4.78, 5) is 2.16. The van der Waals surface area contributed by atoms with Gasteiger partial charge in [0.1, 0.15) is 0 Å². The minimum Gasteiger partial charge on any atom is -0.380 e. The zero-order valence-corrected chi connectivity index (χ0v) is 16.1. The molecule has 2 aliphatic heterocycles. The van der Waals surface area contributed by atoms with Crippen LogP contribution in [-0.4, -0.2) is 62.3 Å². The third-order valence-corrected chi connectivity index (χ3v) is 7.24. The van der Waals surface area contributed by atoms with E-state index in [2.05, 4.69) is 4.90 Å². The van der Waals surface area contributed by atoms with Crippen LogP contribution in [0.15, 0.2) is 24.3 Å². The van der Waals surface area contributed by atoms with Crippen molar-refractivity contribution in [3.05, 3.63) is 35.4 Å². The monoisotopic (exact) mass is 406 g/mol. The molecule has 2 atom stereocenters. The van der Waals surface area contributed by atoms with Gasteiger partial charge in [0, 0.05) is 38.1 Å². The van der Waals surface area contributed by atoms with Crippen molar-refractivity contribution in [3.8, 4) is 0 Å². The maximum Gasteiger partial charge on any atom is 0.416 e. The minimum absolute atomic E-state index is 0.0667. The van der Waals surface area contributed by atoms with Crippen LogP contribution in [0.3, 0.4) is 0 Å². The van der Waals surface area contributed by atoms with Gasteiger partial charge in [0.25, 0.3) is 0 Å². The molecule has 0 bridgehead atoms. The lowest BCUT2D eigenvalue weighted by atomic mass is 9.92. The van der Waals surface area contributed by atoms with Crippen LogP contribution >= 0.6 is 0 Å². The molecule has 2 saturated heterocycles. The Bertz CT molecular complexity index is 737. The Morgan fingerprint density at radius 3 is 2.52 bits per heavy atom. The van der Waals surface area contributed by atoms with Gasteiger partial charge in [-0.3, -0.25) is 4.90 Å². The first-order valence-corrected chi connectivity index (χ1v) is 10.8. The van der Waals surface area contributed by atoms with Gasteiger partial charge in [0.2, 0.25) is 10.0 Å². The molecule has 0 N–H and O–H groups in total. The van der Waals surface area contributed by atoms with Gasteiger partial charge < -0.3 is 4.74 Å². The summed E-state index contributed by atoms with van der Waals surface area (Å²) >= 11 is 0. The first kappa shape index (κ1) is 20.6. The average molecular weight is 406 g/mol. The number of alkyl halides is 3. The smallest absolute Gasteiger partial charge is 0.380 e. The normalized spacial score (nSPS) is 25.8. The number of fused-ring (bicyclic) bond motifs is 1. The number of halogens is 3. The predicted molar refractivity (Wildman–Crippen MR) is 95.6 cm³/mol. The summed E-state index contributed by atoms with van der Waals surface area (Å²) in [5, 5.41) is 0. The van der Waals surface area contributed by atoms with E-state index in [0.29, 0.717) is 45.8 Å². The first-order chi connectivity index (χ1) is 12.7. The fraction of sp³-hybridized carbons (Fsp3) is 0.667. The Labute approximate surface area is 158 Å². The number of piperidine rings is 1. The fourth-order valence-corrected chi connectivity index (χ4v) is 5.28. The van der Waals surface area contributed by atoms with Crippen molar-refractivity contribution in [3.63, 3.8) is 0 Å². The minimum atomic E-state index is -4.33. The maximum atomic E-state index is 12.7. The third kappa shape index (κ3) is 4.82. The highest BCUT2D eigenvalue weighted by atomic mass is 32.2. The molecule has 152 valence electrons. The molecule has 0 saturated carbocycles. The molecule has 1 aromatic rings. The molecule has 27 heavy (non-hydrogen) atoms. The van der Waals surface area contributed by atoms with E-state index < -0.39 is 21.8 Å². The van der Waals surface area contributed by atoms with E-state index in [1.165, 1.54) is 12.1 Å². The van der Waals surface area contributed by atoms with Gasteiger partial charge in [0.05, 0.1) is 24.5 Å². The Morgan fingerprint density at radius 2 is 1.89 bits per heavy atom. The van der Waals surface area contributed by atoms with Crippen LogP contribution in [-0.2, 0) is 27.5 Å². The average Bonchev–Trinajstić information content (AvgIpc) is 2.84. The Morgan fingerprint density at radius 1 is 1.19 bits per heavy atom. The first-order valence-electron chi connectivity index (χ1n) is 9.16. The second-order valence-corrected chi connectivity index (χ2v) is 9.34. The van der Waals surface area contributed by atoms with Crippen LogP contribution in [0, 0.1) is 5.92 Å². The zero-order chi connectivity index (χ0) is 19.7. The largest absolute Gasteiger partial charge is 0.416 e. The highest BCUT2D eigenvalue weighted by Crippen LogP contribution is 2.30. The molecule has 1 aromatic carbocycles. The molecular formula is C18H25F3N2O3S. The Hall–Kier alpha value is -1.16. The van der Waals surface area contributed by atoms with Gasteiger partial charge in [-0.2, -0.15) is 17.5 Å². The summed E-state index contributed by atoms with van der Waals surface area (Å²) in [6, 6.07) is 5.15. The summed E-state index contributed by atoms with van der Waals surface area (Å²) in [5.74, 6) is 0.142. The molecule has 9 heteroatoms. The van der Waals surface area contributed by atoms with Gasteiger partial charge in [-0.05, 0) is 31.0 Å². The van der Waals surface area contributed by atoms with Crippen molar-refractivity contribution in [1.29, 1.82) is 0 Å². The van der Waals surface area contributed by atoms with Gasteiger partial charge in [0.15, 0.2) is 0 Å². The molecule has 5 nitrogen and oxygen atoms in total. The van der Waals surface area contributed by atoms with Crippen LogP contribution in [0.25, 0.3) is 0 Å². The molecule has 0 amide bonds. The summed E-state index contributed by atoms with van der Waals surface area (Å²) in [6.07, 6.45) is -3.63. The number of hydrogen-bond donors (Lipinski definition) is 0. The number of nitrogens with zero attached hydrogens (tertiary/aromatic N) is 2. The summed E-state index contributed by atoms with van der Waals surface area (Å²) < 4.78 is 70.1. The fourth-order valence-electron chi connectivity index (χ4n) is 3.91. The number of ether oxygens (including phenoxy) is 1. The number of rotatable bonds is 4. The molecule has 3 rings (SSSR count). The maximum absolute atomic E-state index is 12.7. The van der Waals surface area contributed by atoms with E-state index in [1.54, 1.807) is 11.2 Å². The molecular weight excluding hydrogens is 381 g/mol. The molecule has 2 aliphatic rings. The van der Waals surface area contributed by atoms with E-state index in [4.69, 9.17) is 4.74 Å². The number of benzene rings is 1. The second-order valence-electron chi connectivity index (χ2n) is 7.13. The third-order valence-electron chi connectivity index (χ3n) is 5.35. The number of hydrogen-bond acceptors (Lipinski definition) is 4. The Balaban J connectivity index is 1.67. The SMILES string of the molecule is CCS(=O)(=O)N1CCOC[C@H]2CN(Cc3ccc(C(F)(F)F)cc3)CC[C@H]21. The molecule has 2 heterocycles. The topological polar surface area (TPSA) is 49.9 Å². The van der Waals surface area contributed by atoms with Crippen LogP contribution in [0.5, 0.6) is 0 Å². The van der Waals surface area contributed by atoms with Crippen molar-refractivity contribution >= 4 is 10.0 Å². The van der Waals surface area contributed by atoms with E-state index in [9.17, 15) is 21.6 Å². The molecule has 0 aromatic heterocycles. The molecule has 0 unspecified atom stereocenters. The van der Waals surface area contributed by atoms with Crippen LogP contribution in [0.4, 0.5) is 13.2 Å². The van der Waals surface area contributed by atoms with E-state index in [-0.39, 0.29) is 17.7 Å². The lowest BCUT2D eigenvalue weighted by molar-refractivity contribution is -0.137. The highest BCUT2D eigenvalue weighted by molar-refractivity contribution is 7.89. The Kier molecular flexibility index (Phi) is 6.14. The number of sulfonamides is 1. The predicted octanol–water partition coefficient (Wildman–Crippen LogP) is 2.58. The second kappa shape index (κ2) is 8.06. The van der Waals surface area contributed by atoms with Crippen molar-refractivity contribution in [2.45, 2.75) is 32.1 Å². The van der Waals surface area contributed by atoms with Crippen LogP contribution < -0.4 is 0 Å². The van der Waals surface area contributed by atoms with Crippen molar-refractivity contribution < 1.29 is 26.3 Å². The van der Waals surface area contributed by atoms with Crippen molar-refractivity contribution in [1.82, 2.24) is 9.21 Å². The van der Waals surface area contributed by atoms with Crippen LogP contribution in [0.2, 0.25) is 0 Å². The lowest BCUT2D eigenvalue weighted by Gasteiger charge is -2.41. The number of likely N-dealkylation sites (tertiary alicyclic amines) is 1. The lowest BCUT2D eigenvalue weighted by Crippen LogP contribution is -2.53. The molecule has 0 radical (unpaired) electrons. The van der Waals surface area contributed by atoms with E-state index in [0.717, 1.165) is 17.7 Å². The zero-order valence-electron chi connectivity index (χ0n) is 15.3. The molecule has 2 fully saturated rings. The van der Waals surface area contributed by atoms with Gasteiger partial charge in [-0.25, -0.2) is 8.42 Å². The quantitative estimate of drug-likeness (QED) is 0.771. The summed E-state index contributed by atoms with van der Waals surface area (Å²) in [5.41, 5.74) is 0.163. The van der Waals surface area contributed by atoms with Gasteiger partial charge in [-0.1, -0.05) is 12.1 Å². The molecule has 0 spiro atoms. The van der Waals surface area contributed by atoms with Gasteiger partial charge >= 0.3 is 6.18 Å². The standard InChI is InChI=1S/C18H25F3N2O3S/c1-2-27(24,25)23-9-10-26-13-15-12-22(8-7-17(15)23)11-14-3-5-16(6-4-14)18(19,20)21/h3-6,15,17H,2,7-13H2,1H3/t15-,17-/m1/s1. The van der Waals surface area contributed by atoms with Crippen molar-refractivity contribution in [2.75, 3.05) is 38.6 Å². The summed E-state index contributed by atoms with van der Waals surface area (Å²) in [6.45, 7) is 4.85. The highest BCUT2D eigenvalue weighted by Gasteiger charge is 2.39.